The Balaban J connectivity index is 2.09. The predicted molar refractivity (Wildman–Crippen MR) is 83.7 cm³/mol. The summed E-state index contributed by atoms with van der Waals surface area (Å²) in [5.41, 5.74) is 1.83. The van der Waals surface area contributed by atoms with Crippen molar-refractivity contribution in [1.29, 1.82) is 0 Å². The molecule has 2 aromatic heterocycles. The van der Waals surface area contributed by atoms with Crippen LogP contribution in [0, 0.1) is 0 Å². The minimum absolute atomic E-state index is 0.260. The molecule has 0 unspecified atom stereocenters. The van der Waals surface area contributed by atoms with Crippen molar-refractivity contribution in [2.24, 2.45) is 7.05 Å². The van der Waals surface area contributed by atoms with Gasteiger partial charge in [0.25, 0.3) is 0 Å². The van der Waals surface area contributed by atoms with E-state index in [1.54, 1.807) is 16.1 Å². The molecule has 21 heavy (non-hydrogen) atoms. The Bertz CT molecular complexity index is 704. The van der Waals surface area contributed by atoms with Crippen LogP contribution in [-0.2, 0) is 36.6 Å². The van der Waals surface area contributed by atoms with Crippen LogP contribution >= 0.6 is 11.3 Å². The van der Waals surface area contributed by atoms with Crippen molar-refractivity contribution in [3.05, 3.63) is 33.8 Å². The molecule has 0 aliphatic rings. The van der Waals surface area contributed by atoms with Crippen molar-refractivity contribution in [3.63, 3.8) is 0 Å². The summed E-state index contributed by atoms with van der Waals surface area (Å²) in [4.78, 5) is 1.31. The number of hydrogen-bond donors (Lipinski definition) is 2. The lowest BCUT2D eigenvalue weighted by atomic mass is 10.2. The van der Waals surface area contributed by atoms with E-state index in [2.05, 4.69) is 15.1 Å². The zero-order chi connectivity index (χ0) is 15.5. The molecule has 0 spiro atoms. The molecule has 0 saturated carbocycles. The van der Waals surface area contributed by atoms with Crippen LogP contribution in [0.1, 0.15) is 23.1 Å². The Morgan fingerprint density at radius 1 is 1.38 bits per heavy atom. The summed E-state index contributed by atoms with van der Waals surface area (Å²) in [7, 11) is 0.191. The van der Waals surface area contributed by atoms with Gasteiger partial charge in [0.1, 0.15) is 0 Å². The SMILES string of the molecule is CCc1nn(C)cc1CNS(=O)(=O)c1csc(CNC)c1. The third-order valence-corrected chi connectivity index (χ3v) is 5.54. The second-order valence-electron chi connectivity index (χ2n) is 4.73. The first-order chi connectivity index (χ1) is 9.96. The van der Waals surface area contributed by atoms with Crippen LogP contribution in [0.3, 0.4) is 0 Å². The second kappa shape index (κ2) is 6.69. The van der Waals surface area contributed by atoms with E-state index >= 15 is 0 Å². The molecule has 0 radical (unpaired) electrons. The van der Waals surface area contributed by atoms with Gasteiger partial charge < -0.3 is 5.32 Å². The van der Waals surface area contributed by atoms with Crippen LogP contribution in [-0.4, -0.2) is 25.2 Å². The number of nitrogens with zero attached hydrogens (tertiary/aromatic N) is 2. The fourth-order valence-electron chi connectivity index (χ4n) is 2.05. The van der Waals surface area contributed by atoms with Gasteiger partial charge in [-0.2, -0.15) is 5.10 Å². The maximum absolute atomic E-state index is 12.3. The largest absolute Gasteiger partial charge is 0.315 e. The summed E-state index contributed by atoms with van der Waals surface area (Å²) < 4.78 is 28.9. The Morgan fingerprint density at radius 2 is 2.14 bits per heavy atom. The fourth-order valence-corrected chi connectivity index (χ4v) is 4.35. The molecule has 0 aliphatic carbocycles. The Kier molecular flexibility index (Phi) is 5.15. The second-order valence-corrected chi connectivity index (χ2v) is 7.49. The van der Waals surface area contributed by atoms with E-state index in [1.165, 1.54) is 11.3 Å². The summed E-state index contributed by atoms with van der Waals surface area (Å²) in [6, 6.07) is 1.70. The number of thiophene rings is 1. The topological polar surface area (TPSA) is 76.0 Å². The normalized spacial score (nSPS) is 12.0. The smallest absolute Gasteiger partial charge is 0.241 e. The molecule has 2 heterocycles. The molecular formula is C13H20N4O2S2. The standard InChI is InChI=1S/C13H20N4O2S2/c1-4-13-10(8-17(3)16-13)6-15-21(18,19)12-5-11(7-14-2)20-9-12/h5,8-9,14-15H,4,6-7H2,1-3H3. The van der Waals surface area contributed by atoms with Crippen molar-refractivity contribution in [1.82, 2.24) is 19.8 Å². The van der Waals surface area contributed by atoms with Gasteiger partial charge in [-0.15, -0.1) is 11.3 Å². The quantitative estimate of drug-likeness (QED) is 0.802. The number of sulfonamides is 1. The van der Waals surface area contributed by atoms with Crippen molar-refractivity contribution in [2.45, 2.75) is 31.3 Å². The maximum Gasteiger partial charge on any atom is 0.241 e. The summed E-state index contributed by atoms with van der Waals surface area (Å²) in [5.74, 6) is 0. The van der Waals surface area contributed by atoms with Crippen LogP contribution in [0.5, 0.6) is 0 Å². The summed E-state index contributed by atoms with van der Waals surface area (Å²) in [6.45, 7) is 2.93. The van der Waals surface area contributed by atoms with Crippen LogP contribution < -0.4 is 10.0 Å². The summed E-state index contributed by atoms with van der Waals surface area (Å²) >= 11 is 1.44. The third-order valence-electron chi connectivity index (χ3n) is 3.07. The van der Waals surface area contributed by atoms with E-state index in [0.29, 0.717) is 11.4 Å². The van der Waals surface area contributed by atoms with Crippen LogP contribution in [0.2, 0.25) is 0 Å². The van der Waals surface area contributed by atoms with Crippen LogP contribution in [0.15, 0.2) is 22.5 Å². The number of aromatic nitrogens is 2. The average Bonchev–Trinajstić information content (AvgIpc) is 3.04. The summed E-state index contributed by atoms with van der Waals surface area (Å²) in [5, 5.41) is 8.98. The van der Waals surface area contributed by atoms with Gasteiger partial charge in [-0.25, -0.2) is 13.1 Å². The zero-order valence-electron chi connectivity index (χ0n) is 12.4. The molecule has 0 atom stereocenters. The molecular weight excluding hydrogens is 308 g/mol. The molecule has 2 aromatic rings. The first-order valence-corrected chi connectivity index (χ1v) is 9.05. The summed E-state index contributed by atoms with van der Waals surface area (Å²) in [6.07, 6.45) is 2.63. The molecule has 2 N–H and O–H groups in total. The van der Waals surface area contributed by atoms with Crippen molar-refractivity contribution in [2.75, 3.05) is 7.05 Å². The van der Waals surface area contributed by atoms with Gasteiger partial charge in [-0.1, -0.05) is 6.92 Å². The molecule has 0 saturated heterocycles. The number of nitrogens with one attached hydrogen (secondary N) is 2. The molecule has 8 heteroatoms. The molecule has 0 aliphatic heterocycles. The molecule has 0 bridgehead atoms. The van der Waals surface area contributed by atoms with Gasteiger partial charge in [0.2, 0.25) is 10.0 Å². The van der Waals surface area contributed by atoms with Gasteiger partial charge in [0, 0.05) is 42.2 Å². The average molecular weight is 328 g/mol. The van der Waals surface area contributed by atoms with E-state index < -0.39 is 10.0 Å². The highest BCUT2D eigenvalue weighted by molar-refractivity contribution is 7.89. The Hall–Kier alpha value is -1.22. The first kappa shape index (κ1) is 16.2. The van der Waals surface area contributed by atoms with Crippen molar-refractivity contribution >= 4 is 21.4 Å². The highest BCUT2D eigenvalue weighted by atomic mass is 32.2. The van der Waals surface area contributed by atoms with Gasteiger partial charge in [-0.05, 0) is 19.5 Å². The highest BCUT2D eigenvalue weighted by Crippen LogP contribution is 2.19. The van der Waals surface area contributed by atoms with Crippen molar-refractivity contribution in [3.8, 4) is 0 Å². The number of aryl methyl sites for hydroxylation is 2. The molecule has 116 valence electrons. The Morgan fingerprint density at radius 3 is 2.81 bits per heavy atom. The lowest BCUT2D eigenvalue weighted by Gasteiger charge is -2.04. The molecule has 6 nitrogen and oxygen atoms in total. The zero-order valence-corrected chi connectivity index (χ0v) is 14.0. The van der Waals surface area contributed by atoms with Crippen LogP contribution in [0.4, 0.5) is 0 Å². The minimum Gasteiger partial charge on any atom is -0.315 e. The maximum atomic E-state index is 12.3. The van der Waals surface area contributed by atoms with Gasteiger partial charge in [0.15, 0.2) is 0 Å². The minimum atomic E-state index is -3.48. The van der Waals surface area contributed by atoms with E-state index in [4.69, 9.17) is 0 Å². The molecule has 0 fully saturated rings. The van der Waals surface area contributed by atoms with Crippen LogP contribution in [0.25, 0.3) is 0 Å². The van der Waals surface area contributed by atoms with E-state index in [9.17, 15) is 8.42 Å². The molecule has 0 aromatic carbocycles. The van der Waals surface area contributed by atoms with Crippen molar-refractivity contribution < 1.29 is 8.42 Å². The highest BCUT2D eigenvalue weighted by Gasteiger charge is 2.17. The lowest BCUT2D eigenvalue weighted by molar-refractivity contribution is 0.581. The monoisotopic (exact) mass is 328 g/mol. The first-order valence-electron chi connectivity index (χ1n) is 6.69. The van der Waals surface area contributed by atoms with E-state index in [1.807, 2.05) is 27.2 Å². The predicted octanol–water partition coefficient (Wildman–Crippen LogP) is 1.24. The molecule has 0 amide bonds. The molecule has 2 rings (SSSR count). The van der Waals surface area contributed by atoms with E-state index in [0.717, 1.165) is 22.6 Å². The van der Waals surface area contributed by atoms with Gasteiger partial charge >= 0.3 is 0 Å². The van der Waals surface area contributed by atoms with E-state index in [-0.39, 0.29) is 6.54 Å². The number of hydrogen-bond acceptors (Lipinski definition) is 5. The van der Waals surface area contributed by atoms with Gasteiger partial charge in [0.05, 0.1) is 10.6 Å². The van der Waals surface area contributed by atoms with Gasteiger partial charge in [-0.3, -0.25) is 4.68 Å². The third kappa shape index (κ3) is 3.91. The number of rotatable bonds is 7. The fraction of sp³-hybridized carbons (Fsp3) is 0.462. The lowest BCUT2D eigenvalue weighted by Crippen LogP contribution is -2.23. The Labute approximate surface area is 129 Å².